The summed E-state index contributed by atoms with van der Waals surface area (Å²) < 4.78 is 26.4. The van der Waals surface area contributed by atoms with Crippen molar-refractivity contribution in [3.63, 3.8) is 0 Å². The molecule has 2 atom stereocenters. The van der Waals surface area contributed by atoms with Crippen LogP contribution in [0.1, 0.15) is 16.9 Å². The van der Waals surface area contributed by atoms with Crippen molar-refractivity contribution in [3.8, 4) is 5.69 Å². The number of benzene rings is 1. The fraction of sp³-hybridized carbons (Fsp3) is 0.286. The second-order valence-corrected chi connectivity index (χ2v) is 5.20. The molecule has 1 aromatic carbocycles. The zero-order valence-electron chi connectivity index (χ0n) is 11.9. The predicted molar refractivity (Wildman–Crippen MR) is 74.8 cm³/mol. The van der Waals surface area contributed by atoms with Crippen molar-refractivity contribution in [3.05, 3.63) is 42.0 Å². The van der Waals surface area contributed by atoms with Crippen LogP contribution in [0.4, 0.5) is 8.78 Å². The molecule has 0 spiro atoms. The van der Waals surface area contributed by atoms with Gasteiger partial charge >= 0.3 is 0 Å². The molecule has 3 rings (SSSR count). The Labute approximate surface area is 129 Å². The molecule has 2 N–H and O–H groups in total. The molecule has 1 saturated heterocycles. The van der Waals surface area contributed by atoms with E-state index in [-0.39, 0.29) is 18.7 Å². The van der Waals surface area contributed by atoms with E-state index in [1.54, 1.807) is 0 Å². The van der Waals surface area contributed by atoms with E-state index in [0.29, 0.717) is 5.69 Å². The highest BCUT2D eigenvalue weighted by Crippen LogP contribution is 2.22. The van der Waals surface area contributed by atoms with Crippen LogP contribution in [0, 0.1) is 5.82 Å². The number of nitrogens with two attached hydrogens (primary N) is 1. The van der Waals surface area contributed by atoms with Gasteiger partial charge in [0.05, 0.1) is 18.4 Å². The zero-order chi connectivity index (χ0) is 16.6. The number of alkyl halides is 1. The van der Waals surface area contributed by atoms with Crippen LogP contribution in [-0.2, 0) is 4.79 Å². The van der Waals surface area contributed by atoms with Crippen molar-refractivity contribution >= 4 is 11.8 Å². The molecule has 0 bridgehead atoms. The van der Waals surface area contributed by atoms with Crippen molar-refractivity contribution in [1.82, 2.24) is 19.9 Å². The van der Waals surface area contributed by atoms with E-state index >= 15 is 0 Å². The van der Waals surface area contributed by atoms with Crippen LogP contribution in [0.2, 0.25) is 0 Å². The molecule has 1 aliphatic rings. The Kier molecular flexibility index (Phi) is 3.77. The minimum atomic E-state index is -1.30. The first-order valence-electron chi connectivity index (χ1n) is 6.88. The van der Waals surface area contributed by atoms with Gasteiger partial charge in [0, 0.05) is 6.42 Å². The monoisotopic (exact) mass is 321 g/mol. The number of hydrogen-bond donors (Lipinski definition) is 1. The standard InChI is InChI=1S/C14H13F2N5O2/c15-8-1-3-10(4-2-8)21-18-6-11(19-21)14(23)20-7-9(16)5-12(20)13(17)22/h1-4,6,9,12H,5,7H2,(H2,17,22)/t9-,12+/m1/s1. The number of primary amides is 1. The van der Waals surface area contributed by atoms with Gasteiger partial charge in [0.25, 0.3) is 5.91 Å². The molecule has 120 valence electrons. The fourth-order valence-electron chi connectivity index (χ4n) is 2.49. The molecule has 0 aliphatic carbocycles. The number of halogens is 2. The average molecular weight is 321 g/mol. The van der Waals surface area contributed by atoms with E-state index in [0.717, 1.165) is 9.70 Å². The van der Waals surface area contributed by atoms with Gasteiger partial charge in [-0.3, -0.25) is 9.59 Å². The van der Waals surface area contributed by atoms with Gasteiger partial charge in [0.2, 0.25) is 5.91 Å². The van der Waals surface area contributed by atoms with Crippen molar-refractivity contribution in [2.24, 2.45) is 5.73 Å². The van der Waals surface area contributed by atoms with Gasteiger partial charge in [-0.2, -0.15) is 9.90 Å². The van der Waals surface area contributed by atoms with E-state index < -0.39 is 29.8 Å². The third kappa shape index (κ3) is 2.89. The first-order valence-corrected chi connectivity index (χ1v) is 6.88. The summed E-state index contributed by atoms with van der Waals surface area (Å²) in [6.07, 6.45) is -0.216. The van der Waals surface area contributed by atoms with Crippen molar-refractivity contribution in [1.29, 1.82) is 0 Å². The number of rotatable bonds is 3. The lowest BCUT2D eigenvalue weighted by molar-refractivity contribution is -0.121. The molecule has 1 fully saturated rings. The first-order chi connectivity index (χ1) is 11.0. The summed E-state index contributed by atoms with van der Waals surface area (Å²) in [5, 5.41) is 7.91. The van der Waals surface area contributed by atoms with Gasteiger partial charge < -0.3 is 10.6 Å². The highest BCUT2D eigenvalue weighted by molar-refractivity contribution is 5.96. The summed E-state index contributed by atoms with van der Waals surface area (Å²) >= 11 is 0. The maximum Gasteiger partial charge on any atom is 0.276 e. The molecule has 2 aromatic rings. The molecule has 0 radical (unpaired) electrons. The van der Waals surface area contributed by atoms with Crippen molar-refractivity contribution < 1.29 is 18.4 Å². The summed E-state index contributed by atoms with van der Waals surface area (Å²) in [6.45, 7) is -0.212. The Bertz CT molecular complexity index is 746. The summed E-state index contributed by atoms with van der Waals surface area (Å²) in [6, 6.07) is 4.37. The second-order valence-electron chi connectivity index (χ2n) is 5.20. The number of carbonyl (C=O) groups is 2. The maximum atomic E-state index is 13.5. The minimum absolute atomic E-state index is 0.0466. The number of nitrogens with zero attached hydrogens (tertiary/aromatic N) is 4. The number of carbonyl (C=O) groups excluding carboxylic acids is 2. The molecule has 7 nitrogen and oxygen atoms in total. The quantitative estimate of drug-likeness (QED) is 0.888. The average Bonchev–Trinajstić information content (AvgIpc) is 3.14. The van der Waals surface area contributed by atoms with Crippen LogP contribution in [-0.4, -0.2) is 50.5 Å². The SMILES string of the molecule is NC(=O)[C@@H]1C[C@@H](F)CN1C(=O)c1cnn(-c2ccc(F)cc2)n1. The van der Waals surface area contributed by atoms with E-state index in [1.807, 2.05) is 0 Å². The number of amides is 2. The van der Waals surface area contributed by atoms with Crippen LogP contribution < -0.4 is 5.73 Å². The Hall–Kier alpha value is -2.84. The third-order valence-corrected chi connectivity index (χ3v) is 3.61. The van der Waals surface area contributed by atoms with Gasteiger partial charge in [0.15, 0.2) is 5.69 Å². The Morgan fingerprint density at radius 1 is 1.26 bits per heavy atom. The van der Waals surface area contributed by atoms with Gasteiger partial charge in [-0.1, -0.05) is 0 Å². The normalized spacial score (nSPS) is 20.7. The zero-order valence-corrected chi connectivity index (χ0v) is 11.9. The molecule has 1 aliphatic heterocycles. The summed E-state index contributed by atoms with van der Waals surface area (Å²) in [7, 11) is 0. The molecule has 0 unspecified atom stereocenters. The molecule has 0 saturated carbocycles. The van der Waals surface area contributed by atoms with Gasteiger partial charge in [-0.05, 0) is 24.3 Å². The Morgan fingerprint density at radius 2 is 1.96 bits per heavy atom. The maximum absolute atomic E-state index is 13.5. The van der Waals surface area contributed by atoms with Crippen LogP contribution >= 0.6 is 0 Å². The summed E-state index contributed by atoms with van der Waals surface area (Å²) in [5.41, 5.74) is 5.61. The van der Waals surface area contributed by atoms with E-state index in [4.69, 9.17) is 5.73 Å². The van der Waals surface area contributed by atoms with Gasteiger partial charge in [-0.25, -0.2) is 8.78 Å². The fourth-order valence-corrected chi connectivity index (χ4v) is 2.49. The molecule has 2 amide bonds. The topological polar surface area (TPSA) is 94.1 Å². The van der Waals surface area contributed by atoms with Gasteiger partial charge in [-0.15, -0.1) is 5.10 Å². The molecule has 23 heavy (non-hydrogen) atoms. The van der Waals surface area contributed by atoms with Gasteiger partial charge in [0.1, 0.15) is 18.0 Å². The Morgan fingerprint density at radius 3 is 2.61 bits per heavy atom. The van der Waals surface area contributed by atoms with Crippen LogP contribution in [0.25, 0.3) is 5.69 Å². The van der Waals surface area contributed by atoms with Crippen LogP contribution in [0.3, 0.4) is 0 Å². The summed E-state index contributed by atoms with van der Waals surface area (Å²) in [4.78, 5) is 25.9. The van der Waals surface area contributed by atoms with E-state index in [9.17, 15) is 18.4 Å². The smallest absolute Gasteiger partial charge is 0.276 e. The van der Waals surface area contributed by atoms with Crippen molar-refractivity contribution in [2.75, 3.05) is 6.54 Å². The second kappa shape index (κ2) is 5.75. The highest BCUT2D eigenvalue weighted by Gasteiger charge is 2.39. The lowest BCUT2D eigenvalue weighted by Crippen LogP contribution is -2.43. The lowest BCUT2D eigenvalue weighted by atomic mass is 10.2. The number of aromatic nitrogens is 3. The van der Waals surface area contributed by atoms with Crippen LogP contribution in [0.15, 0.2) is 30.5 Å². The van der Waals surface area contributed by atoms with E-state index in [2.05, 4.69) is 10.2 Å². The molecule has 1 aromatic heterocycles. The Balaban J connectivity index is 1.83. The largest absolute Gasteiger partial charge is 0.368 e. The minimum Gasteiger partial charge on any atom is -0.368 e. The highest BCUT2D eigenvalue weighted by atomic mass is 19.1. The molecule has 2 heterocycles. The van der Waals surface area contributed by atoms with Crippen LogP contribution in [0.5, 0.6) is 0 Å². The number of likely N-dealkylation sites (tertiary alicyclic amines) is 1. The predicted octanol–water partition coefficient (Wildman–Crippen LogP) is 0.444. The van der Waals surface area contributed by atoms with Crippen molar-refractivity contribution in [2.45, 2.75) is 18.6 Å². The summed E-state index contributed by atoms with van der Waals surface area (Å²) in [5.74, 6) is -1.79. The lowest BCUT2D eigenvalue weighted by Gasteiger charge is -2.20. The van der Waals surface area contributed by atoms with E-state index in [1.165, 1.54) is 30.5 Å². The first kappa shape index (κ1) is 15.1. The molecular formula is C14H13F2N5O2. The molecule has 9 heteroatoms. The third-order valence-electron chi connectivity index (χ3n) is 3.61. The molecular weight excluding hydrogens is 308 g/mol. The number of hydrogen-bond acceptors (Lipinski definition) is 4.